The van der Waals surface area contributed by atoms with Gasteiger partial charge in [0.2, 0.25) is 17.8 Å². The predicted octanol–water partition coefficient (Wildman–Crippen LogP) is 2.75. The second kappa shape index (κ2) is 7.43. The van der Waals surface area contributed by atoms with Gasteiger partial charge in [0.05, 0.1) is 0 Å². The summed E-state index contributed by atoms with van der Waals surface area (Å²) in [5.74, 6) is 2.71. The third-order valence-corrected chi connectivity index (χ3v) is 4.07. The van der Waals surface area contributed by atoms with Gasteiger partial charge < -0.3 is 15.5 Å². The van der Waals surface area contributed by atoms with E-state index >= 15 is 0 Å². The SMILES string of the molecule is CCNc1nc(NC(C)C2CCCCC2)nc(N(C)C)n1. The summed E-state index contributed by atoms with van der Waals surface area (Å²) < 4.78 is 0. The lowest BCUT2D eigenvalue weighted by molar-refractivity contribution is 0.327. The van der Waals surface area contributed by atoms with Gasteiger partial charge in [0.15, 0.2) is 0 Å². The normalized spacial score (nSPS) is 17.3. The number of anilines is 3. The van der Waals surface area contributed by atoms with Gasteiger partial charge in [-0.15, -0.1) is 0 Å². The lowest BCUT2D eigenvalue weighted by atomic mass is 9.85. The highest BCUT2D eigenvalue weighted by Crippen LogP contribution is 2.27. The average Bonchev–Trinajstić information content (AvgIpc) is 2.48. The van der Waals surface area contributed by atoms with Crippen LogP contribution in [0.15, 0.2) is 0 Å². The average molecular weight is 292 g/mol. The molecule has 6 nitrogen and oxygen atoms in total. The maximum absolute atomic E-state index is 4.50. The number of hydrogen-bond acceptors (Lipinski definition) is 6. The molecule has 0 aliphatic heterocycles. The van der Waals surface area contributed by atoms with Crippen LogP contribution in [0.25, 0.3) is 0 Å². The van der Waals surface area contributed by atoms with Crippen LogP contribution in [0.3, 0.4) is 0 Å². The summed E-state index contributed by atoms with van der Waals surface area (Å²) in [6.07, 6.45) is 6.68. The van der Waals surface area contributed by atoms with Gasteiger partial charge in [-0.05, 0) is 32.6 Å². The molecular formula is C15H28N6. The first-order valence-corrected chi connectivity index (χ1v) is 8.04. The Hall–Kier alpha value is -1.59. The number of hydrogen-bond donors (Lipinski definition) is 2. The molecule has 0 spiro atoms. The molecular weight excluding hydrogens is 264 g/mol. The molecule has 0 amide bonds. The van der Waals surface area contributed by atoms with Crippen molar-refractivity contribution >= 4 is 17.8 Å². The van der Waals surface area contributed by atoms with Crippen molar-refractivity contribution in [2.45, 2.75) is 52.0 Å². The highest BCUT2D eigenvalue weighted by atomic mass is 15.3. The monoisotopic (exact) mass is 292 g/mol. The molecule has 1 aliphatic carbocycles. The first-order chi connectivity index (χ1) is 10.1. The third kappa shape index (κ3) is 4.44. The van der Waals surface area contributed by atoms with Crippen molar-refractivity contribution in [1.29, 1.82) is 0 Å². The van der Waals surface area contributed by atoms with Crippen molar-refractivity contribution < 1.29 is 0 Å². The molecule has 1 aromatic heterocycles. The molecule has 1 atom stereocenters. The van der Waals surface area contributed by atoms with Crippen LogP contribution in [0.1, 0.15) is 46.0 Å². The molecule has 2 N–H and O–H groups in total. The molecule has 118 valence electrons. The highest BCUT2D eigenvalue weighted by molar-refractivity contribution is 5.43. The van der Waals surface area contributed by atoms with Crippen molar-refractivity contribution in [3.05, 3.63) is 0 Å². The standard InChI is InChI=1S/C15H28N6/c1-5-16-13-18-14(20-15(19-13)21(3)4)17-11(2)12-9-7-6-8-10-12/h11-12H,5-10H2,1-4H3,(H2,16,17,18,19,20). The van der Waals surface area contributed by atoms with E-state index in [4.69, 9.17) is 0 Å². The number of aromatic nitrogens is 3. The summed E-state index contributed by atoms with van der Waals surface area (Å²) in [6, 6.07) is 0.400. The summed E-state index contributed by atoms with van der Waals surface area (Å²) in [5, 5.41) is 6.64. The summed E-state index contributed by atoms with van der Waals surface area (Å²) >= 11 is 0. The Balaban J connectivity index is 2.09. The maximum atomic E-state index is 4.50. The first kappa shape index (κ1) is 15.8. The van der Waals surface area contributed by atoms with Gasteiger partial charge in [-0.1, -0.05) is 19.3 Å². The van der Waals surface area contributed by atoms with Crippen molar-refractivity contribution in [3.8, 4) is 0 Å². The van der Waals surface area contributed by atoms with Crippen molar-refractivity contribution in [3.63, 3.8) is 0 Å². The molecule has 2 rings (SSSR count). The van der Waals surface area contributed by atoms with Crippen LogP contribution < -0.4 is 15.5 Å². The zero-order chi connectivity index (χ0) is 15.2. The molecule has 1 fully saturated rings. The quantitative estimate of drug-likeness (QED) is 0.840. The van der Waals surface area contributed by atoms with Crippen LogP contribution in [-0.4, -0.2) is 41.6 Å². The van der Waals surface area contributed by atoms with Crippen LogP contribution >= 0.6 is 0 Å². The van der Waals surface area contributed by atoms with Crippen LogP contribution in [-0.2, 0) is 0 Å². The van der Waals surface area contributed by atoms with Gasteiger partial charge in [0.1, 0.15) is 0 Å². The molecule has 0 aromatic carbocycles. The summed E-state index contributed by atoms with van der Waals surface area (Å²) in [7, 11) is 3.89. The van der Waals surface area contributed by atoms with E-state index in [0.29, 0.717) is 23.9 Å². The van der Waals surface area contributed by atoms with E-state index in [0.717, 1.165) is 12.5 Å². The van der Waals surface area contributed by atoms with Crippen molar-refractivity contribution in [1.82, 2.24) is 15.0 Å². The fourth-order valence-electron chi connectivity index (χ4n) is 2.82. The Kier molecular flexibility index (Phi) is 5.59. The van der Waals surface area contributed by atoms with Crippen LogP contribution in [0, 0.1) is 5.92 Å². The molecule has 1 saturated carbocycles. The molecule has 1 heterocycles. The van der Waals surface area contributed by atoms with Gasteiger partial charge in [-0.25, -0.2) is 0 Å². The topological polar surface area (TPSA) is 66.0 Å². The van der Waals surface area contributed by atoms with Gasteiger partial charge in [0.25, 0.3) is 0 Å². The maximum Gasteiger partial charge on any atom is 0.231 e. The predicted molar refractivity (Wildman–Crippen MR) is 88.0 cm³/mol. The fourth-order valence-corrected chi connectivity index (χ4v) is 2.82. The molecule has 21 heavy (non-hydrogen) atoms. The number of nitrogens with one attached hydrogen (secondary N) is 2. The Labute approximate surface area is 127 Å². The van der Waals surface area contributed by atoms with Crippen LogP contribution in [0.4, 0.5) is 17.8 Å². The third-order valence-electron chi connectivity index (χ3n) is 4.07. The Bertz CT molecular complexity index is 442. The Morgan fingerprint density at radius 2 is 1.76 bits per heavy atom. The molecule has 1 aromatic rings. The largest absolute Gasteiger partial charge is 0.354 e. The van der Waals surface area contributed by atoms with Crippen molar-refractivity contribution in [2.75, 3.05) is 36.2 Å². The van der Waals surface area contributed by atoms with Crippen LogP contribution in [0.2, 0.25) is 0 Å². The second-order valence-corrected chi connectivity index (χ2v) is 6.04. The van der Waals surface area contributed by atoms with E-state index in [1.165, 1.54) is 32.1 Å². The van der Waals surface area contributed by atoms with Gasteiger partial charge in [0, 0.05) is 26.7 Å². The summed E-state index contributed by atoms with van der Waals surface area (Å²) in [5.41, 5.74) is 0. The molecule has 1 unspecified atom stereocenters. The molecule has 0 saturated heterocycles. The summed E-state index contributed by atoms with van der Waals surface area (Å²) in [4.78, 5) is 15.3. The molecule has 1 aliphatic rings. The van der Waals surface area contributed by atoms with Gasteiger partial charge >= 0.3 is 0 Å². The van der Waals surface area contributed by atoms with Crippen LogP contribution in [0.5, 0.6) is 0 Å². The Morgan fingerprint density at radius 1 is 1.10 bits per heavy atom. The van der Waals surface area contributed by atoms with Gasteiger partial charge in [-0.3, -0.25) is 0 Å². The smallest absolute Gasteiger partial charge is 0.231 e. The zero-order valence-electron chi connectivity index (χ0n) is 13.7. The van der Waals surface area contributed by atoms with E-state index in [9.17, 15) is 0 Å². The van der Waals surface area contributed by atoms with E-state index in [1.54, 1.807) is 0 Å². The lowest BCUT2D eigenvalue weighted by Gasteiger charge is -2.28. The van der Waals surface area contributed by atoms with Crippen molar-refractivity contribution in [2.24, 2.45) is 5.92 Å². The first-order valence-electron chi connectivity index (χ1n) is 8.04. The number of nitrogens with zero attached hydrogens (tertiary/aromatic N) is 4. The van der Waals surface area contributed by atoms with E-state index < -0.39 is 0 Å². The van der Waals surface area contributed by atoms with E-state index in [-0.39, 0.29) is 0 Å². The molecule has 0 bridgehead atoms. The fraction of sp³-hybridized carbons (Fsp3) is 0.800. The zero-order valence-corrected chi connectivity index (χ0v) is 13.7. The summed E-state index contributed by atoms with van der Waals surface area (Å²) in [6.45, 7) is 5.08. The van der Waals surface area contributed by atoms with Gasteiger partial charge in [-0.2, -0.15) is 15.0 Å². The molecule has 0 radical (unpaired) electrons. The Morgan fingerprint density at radius 3 is 2.38 bits per heavy atom. The number of rotatable bonds is 6. The van der Waals surface area contributed by atoms with E-state index in [2.05, 4.69) is 32.5 Å². The minimum Gasteiger partial charge on any atom is -0.354 e. The van der Waals surface area contributed by atoms with E-state index in [1.807, 2.05) is 25.9 Å². The molecule has 6 heteroatoms. The lowest BCUT2D eigenvalue weighted by Crippen LogP contribution is -2.29. The highest BCUT2D eigenvalue weighted by Gasteiger charge is 2.21. The minimum atomic E-state index is 0.400. The minimum absolute atomic E-state index is 0.400. The second-order valence-electron chi connectivity index (χ2n) is 6.04.